The standard InChI is InChI=1S/C35H25N5.2C27H21N5/c1-22-16-18-29(27-14-8-6-12-25(22)27)33-38-34(30-19-17-23(2)26-13-7-9-15-28(26)30)40-35(39-33)32-21-36-31(20-37-32)24-10-4-3-5-11-24;1-18-8-12-21(13-9-18)25-30-26(22-14-10-19(2)11-15-22)32-27(31-25)24-17-28-23(16-29-24)20-6-4-3-5-7-20;1-18-8-12-21(13-9-18)25-28-26(22-14-10-19(2)11-15-22)30-27(29-25)24-17-16-23(31-32-24)20-6-4-3-5-7-20/h3-21H,1-2H3;2*3-17H,1-2H3. The highest BCUT2D eigenvalue weighted by atomic mass is 15.1. The van der Waals surface area contributed by atoms with Gasteiger partial charge in [-0.25, -0.2) is 54.8 Å². The molecule has 6 aromatic heterocycles. The molecule has 498 valence electrons. The molecule has 11 aromatic carbocycles. The number of nitrogens with zero attached hydrogens (tertiary/aromatic N) is 15. The Morgan fingerprint density at radius 1 is 0.173 bits per heavy atom. The second-order valence-electron chi connectivity index (χ2n) is 25.3. The van der Waals surface area contributed by atoms with Crippen molar-refractivity contribution >= 4 is 21.5 Å². The lowest BCUT2D eigenvalue weighted by atomic mass is 9.99. The SMILES string of the molecule is Cc1ccc(-c2nc(-c3ccc(C)cc3)nc(-c3ccc(-c4ccccc4)nn3)n2)cc1.Cc1ccc(-c2nc(-c3ccc(C)cc3)nc(-c3cnc(-c4ccccc4)cn3)n2)cc1.Cc1ccc(-c2nc(-c3cnc(-c4ccccc4)cn3)nc(-c3ccc(C)c4ccccc34)n2)c2ccccc12. The van der Waals surface area contributed by atoms with Gasteiger partial charge in [0.1, 0.15) is 17.1 Å². The van der Waals surface area contributed by atoms with Gasteiger partial charge in [0.25, 0.3) is 0 Å². The molecule has 0 fully saturated rings. The molecule has 104 heavy (non-hydrogen) atoms. The van der Waals surface area contributed by atoms with Gasteiger partial charge in [0.15, 0.2) is 52.4 Å². The second kappa shape index (κ2) is 30.0. The van der Waals surface area contributed by atoms with Crippen molar-refractivity contribution in [3.05, 3.63) is 331 Å². The maximum absolute atomic E-state index is 5.05. The first-order chi connectivity index (χ1) is 51.0. The van der Waals surface area contributed by atoms with Gasteiger partial charge in [-0.1, -0.05) is 283 Å². The fourth-order valence-electron chi connectivity index (χ4n) is 11.9. The third kappa shape index (κ3) is 14.9. The van der Waals surface area contributed by atoms with Gasteiger partial charge in [-0.2, -0.15) is 0 Å². The molecular formula is C89H67N15. The largest absolute Gasteiger partial charge is 0.252 e. The molecule has 15 nitrogen and oxygen atoms in total. The molecule has 0 aliphatic heterocycles. The van der Waals surface area contributed by atoms with Gasteiger partial charge in [-0.15, -0.1) is 10.2 Å². The second-order valence-corrected chi connectivity index (χ2v) is 25.3. The minimum absolute atomic E-state index is 0.487. The van der Waals surface area contributed by atoms with Crippen LogP contribution in [0.1, 0.15) is 33.4 Å². The van der Waals surface area contributed by atoms with Crippen LogP contribution in [0.4, 0.5) is 0 Å². The highest BCUT2D eigenvalue weighted by Gasteiger charge is 2.20. The van der Waals surface area contributed by atoms with Crippen LogP contribution >= 0.6 is 0 Å². The quantitative estimate of drug-likeness (QED) is 0.112. The number of hydrogen-bond acceptors (Lipinski definition) is 15. The number of fused-ring (bicyclic) bond motifs is 2. The van der Waals surface area contributed by atoms with Crippen molar-refractivity contribution in [1.29, 1.82) is 0 Å². The minimum atomic E-state index is 0.487. The molecule has 0 atom stereocenters. The zero-order valence-corrected chi connectivity index (χ0v) is 58.0. The van der Waals surface area contributed by atoms with E-state index in [9.17, 15) is 0 Å². The topological polar surface area (TPSA) is 193 Å². The average Bonchev–Trinajstić information content (AvgIpc) is 0.750. The maximum Gasteiger partial charge on any atom is 0.184 e. The first-order valence-corrected chi connectivity index (χ1v) is 34.2. The van der Waals surface area contributed by atoms with Gasteiger partial charge in [0.2, 0.25) is 0 Å². The molecule has 17 aromatic rings. The lowest BCUT2D eigenvalue weighted by Crippen LogP contribution is -2.02. The van der Waals surface area contributed by atoms with Crippen molar-refractivity contribution in [2.24, 2.45) is 0 Å². The Balaban J connectivity index is 0.000000127. The molecule has 0 unspecified atom stereocenters. The molecule has 6 heterocycles. The van der Waals surface area contributed by atoms with Crippen molar-refractivity contribution in [2.75, 3.05) is 0 Å². The fourth-order valence-corrected chi connectivity index (χ4v) is 11.9. The summed E-state index contributed by atoms with van der Waals surface area (Å²) in [5.41, 5.74) is 20.1. The first kappa shape index (κ1) is 66.1. The van der Waals surface area contributed by atoms with E-state index < -0.39 is 0 Å². The molecular weight excluding hydrogens is 1280 g/mol. The zero-order chi connectivity index (χ0) is 70.9. The van der Waals surface area contributed by atoms with E-state index in [-0.39, 0.29) is 0 Å². The lowest BCUT2D eigenvalue weighted by Gasteiger charge is -2.13. The van der Waals surface area contributed by atoms with Gasteiger partial charge in [0.05, 0.1) is 41.9 Å². The highest BCUT2D eigenvalue weighted by Crippen LogP contribution is 2.35. The average molecular weight is 1350 g/mol. The summed E-state index contributed by atoms with van der Waals surface area (Å²) in [4.78, 5) is 62.0. The van der Waals surface area contributed by atoms with Crippen LogP contribution in [0.3, 0.4) is 0 Å². The van der Waals surface area contributed by atoms with Crippen LogP contribution in [-0.2, 0) is 0 Å². The van der Waals surface area contributed by atoms with E-state index in [1.165, 1.54) is 44.2 Å². The van der Waals surface area contributed by atoms with Crippen LogP contribution in [0.15, 0.2) is 298 Å². The molecule has 17 rings (SSSR count). The van der Waals surface area contributed by atoms with Crippen LogP contribution in [0.2, 0.25) is 0 Å². The van der Waals surface area contributed by atoms with E-state index in [0.717, 1.165) is 77.9 Å². The number of benzene rings is 11. The summed E-state index contributed by atoms with van der Waals surface area (Å²) in [6.07, 6.45) is 6.99. The summed E-state index contributed by atoms with van der Waals surface area (Å²) >= 11 is 0. The van der Waals surface area contributed by atoms with E-state index in [1.54, 1.807) is 24.8 Å². The van der Waals surface area contributed by atoms with Gasteiger partial charge in [-0.3, -0.25) is 9.97 Å². The molecule has 0 aliphatic rings. The van der Waals surface area contributed by atoms with Crippen molar-refractivity contribution in [3.8, 4) is 137 Å². The molecule has 0 amide bonds. The summed E-state index contributed by atoms with van der Waals surface area (Å²) in [6, 6.07) is 91.6. The summed E-state index contributed by atoms with van der Waals surface area (Å²) in [7, 11) is 0. The Morgan fingerprint density at radius 2 is 0.433 bits per heavy atom. The summed E-state index contributed by atoms with van der Waals surface area (Å²) < 4.78 is 0. The molecule has 15 heteroatoms. The fraction of sp³-hybridized carbons (Fsp3) is 0.0674. The first-order valence-electron chi connectivity index (χ1n) is 34.2. The number of aromatic nitrogens is 15. The van der Waals surface area contributed by atoms with Crippen LogP contribution in [0, 0.1) is 41.5 Å². The van der Waals surface area contributed by atoms with E-state index in [1.807, 2.05) is 152 Å². The van der Waals surface area contributed by atoms with E-state index in [0.29, 0.717) is 69.5 Å². The Morgan fingerprint density at radius 3 is 0.760 bits per heavy atom. The van der Waals surface area contributed by atoms with Crippen LogP contribution in [0.25, 0.3) is 158 Å². The van der Waals surface area contributed by atoms with Crippen molar-refractivity contribution in [2.45, 2.75) is 41.5 Å². The minimum Gasteiger partial charge on any atom is -0.252 e. The van der Waals surface area contributed by atoms with Crippen LogP contribution < -0.4 is 0 Å². The maximum atomic E-state index is 5.05. The van der Waals surface area contributed by atoms with E-state index >= 15 is 0 Å². The Kier molecular flexibility index (Phi) is 19.0. The smallest absolute Gasteiger partial charge is 0.184 e. The van der Waals surface area contributed by atoms with Crippen LogP contribution in [0.5, 0.6) is 0 Å². The molecule has 0 aliphatic carbocycles. The Hall–Kier alpha value is -13.8. The monoisotopic (exact) mass is 1350 g/mol. The third-order valence-electron chi connectivity index (χ3n) is 17.8. The van der Waals surface area contributed by atoms with E-state index in [4.69, 9.17) is 54.8 Å². The van der Waals surface area contributed by atoms with Gasteiger partial charge >= 0.3 is 0 Å². The molecule has 0 radical (unpaired) electrons. The number of aryl methyl sites for hydroxylation is 6. The zero-order valence-electron chi connectivity index (χ0n) is 58.0. The van der Waals surface area contributed by atoms with Gasteiger partial charge in [-0.05, 0) is 86.3 Å². The van der Waals surface area contributed by atoms with Gasteiger partial charge in [0, 0.05) is 50.1 Å². The van der Waals surface area contributed by atoms with Crippen molar-refractivity contribution in [1.82, 2.24) is 75.0 Å². The Bertz CT molecular complexity index is 5400. The van der Waals surface area contributed by atoms with Crippen LogP contribution in [-0.4, -0.2) is 75.0 Å². The van der Waals surface area contributed by atoms with Crippen molar-refractivity contribution in [3.63, 3.8) is 0 Å². The molecule has 0 N–H and O–H groups in total. The summed E-state index contributed by atoms with van der Waals surface area (Å²) in [5.74, 6) is 5.14. The van der Waals surface area contributed by atoms with Crippen molar-refractivity contribution < 1.29 is 0 Å². The Labute approximate surface area is 602 Å². The normalized spacial score (nSPS) is 11.0. The number of hydrogen-bond donors (Lipinski definition) is 0. The molecule has 0 saturated carbocycles. The molecule has 0 bridgehead atoms. The lowest BCUT2D eigenvalue weighted by molar-refractivity contribution is 0.999. The molecule has 0 spiro atoms. The van der Waals surface area contributed by atoms with Gasteiger partial charge < -0.3 is 0 Å². The summed E-state index contributed by atoms with van der Waals surface area (Å²) in [6.45, 7) is 12.5. The predicted molar refractivity (Wildman–Crippen MR) is 415 cm³/mol. The van der Waals surface area contributed by atoms with E-state index in [2.05, 4.69) is 183 Å². The predicted octanol–water partition coefficient (Wildman–Crippen LogP) is 20.1. The third-order valence-corrected chi connectivity index (χ3v) is 17.8. The highest BCUT2D eigenvalue weighted by molar-refractivity contribution is 5.99. The summed E-state index contributed by atoms with van der Waals surface area (Å²) in [5, 5.41) is 13.4. The number of rotatable bonds is 12. The molecule has 0 saturated heterocycles.